The number of carbonyl (C=O) groups is 1. The Hall–Kier alpha value is -1.46. The SMILES string of the molecule is O=C(Nc1cccc(SNc2ccc(Br)cc2)c1)C1CCCCC1. The first kappa shape index (κ1) is 17.4. The molecular formula is C19H21BrN2OS. The highest BCUT2D eigenvalue weighted by Crippen LogP contribution is 2.27. The van der Waals surface area contributed by atoms with Crippen molar-refractivity contribution in [3.05, 3.63) is 53.0 Å². The van der Waals surface area contributed by atoms with E-state index in [1.54, 1.807) is 0 Å². The summed E-state index contributed by atoms with van der Waals surface area (Å²) in [5.41, 5.74) is 1.91. The van der Waals surface area contributed by atoms with Gasteiger partial charge in [-0.15, -0.1) is 0 Å². The minimum atomic E-state index is 0.165. The Labute approximate surface area is 155 Å². The lowest BCUT2D eigenvalue weighted by molar-refractivity contribution is -0.120. The topological polar surface area (TPSA) is 41.1 Å². The molecule has 1 fully saturated rings. The fourth-order valence-electron chi connectivity index (χ4n) is 2.88. The van der Waals surface area contributed by atoms with Crippen molar-refractivity contribution < 1.29 is 4.79 Å². The van der Waals surface area contributed by atoms with Gasteiger partial charge in [0.2, 0.25) is 5.91 Å². The third-order valence-corrected chi connectivity index (χ3v) is 5.56. The maximum absolute atomic E-state index is 12.4. The summed E-state index contributed by atoms with van der Waals surface area (Å²) in [7, 11) is 0. The molecule has 0 bridgehead atoms. The molecule has 3 nitrogen and oxygen atoms in total. The van der Waals surface area contributed by atoms with Crippen LogP contribution >= 0.6 is 27.9 Å². The number of amides is 1. The van der Waals surface area contributed by atoms with Crippen LogP contribution in [0.3, 0.4) is 0 Å². The van der Waals surface area contributed by atoms with Crippen LogP contribution < -0.4 is 10.0 Å². The van der Waals surface area contributed by atoms with Gasteiger partial charge >= 0.3 is 0 Å². The van der Waals surface area contributed by atoms with Crippen LogP contribution in [0.1, 0.15) is 32.1 Å². The zero-order chi connectivity index (χ0) is 16.8. The molecule has 0 atom stereocenters. The van der Waals surface area contributed by atoms with Gasteiger partial charge in [0.15, 0.2) is 0 Å². The molecule has 1 aliphatic rings. The zero-order valence-electron chi connectivity index (χ0n) is 13.4. The van der Waals surface area contributed by atoms with Crippen LogP contribution in [0, 0.1) is 5.92 Å². The third-order valence-electron chi connectivity index (χ3n) is 4.21. The Morgan fingerprint density at radius 2 is 1.75 bits per heavy atom. The molecule has 24 heavy (non-hydrogen) atoms. The van der Waals surface area contributed by atoms with Crippen LogP contribution in [0.2, 0.25) is 0 Å². The van der Waals surface area contributed by atoms with Gasteiger partial charge < -0.3 is 10.0 Å². The molecule has 0 unspecified atom stereocenters. The average Bonchev–Trinajstić information content (AvgIpc) is 2.62. The van der Waals surface area contributed by atoms with Gasteiger partial charge in [0.1, 0.15) is 0 Å². The predicted molar refractivity (Wildman–Crippen MR) is 105 cm³/mol. The highest BCUT2D eigenvalue weighted by atomic mass is 79.9. The first-order valence-electron chi connectivity index (χ1n) is 8.30. The lowest BCUT2D eigenvalue weighted by Gasteiger charge is -2.20. The minimum absolute atomic E-state index is 0.165. The van der Waals surface area contributed by atoms with E-state index in [1.807, 2.05) is 48.5 Å². The van der Waals surface area contributed by atoms with Crippen molar-refractivity contribution in [2.24, 2.45) is 5.92 Å². The largest absolute Gasteiger partial charge is 0.326 e. The number of anilines is 2. The number of halogens is 1. The van der Waals surface area contributed by atoms with Gasteiger partial charge in [-0.2, -0.15) is 0 Å². The van der Waals surface area contributed by atoms with E-state index in [0.29, 0.717) is 0 Å². The molecule has 0 aliphatic heterocycles. The molecule has 1 amide bonds. The van der Waals surface area contributed by atoms with E-state index >= 15 is 0 Å². The van der Waals surface area contributed by atoms with Crippen LogP contribution in [0.4, 0.5) is 11.4 Å². The summed E-state index contributed by atoms with van der Waals surface area (Å²) in [5, 5.41) is 3.07. The van der Waals surface area contributed by atoms with E-state index in [2.05, 4.69) is 26.0 Å². The Balaban J connectivity index is 1.57. The first-order chi connectivity index (χ1) is 11.7. The van der Waals surface area contributed by atoms with E-state index in [0.717, 1.165) is 33.6 Å². The number of rotatable bonds is 5. The molecule has 1 aliphatic carbocycles. The van der Waals surface area contributed by atoms with Gasteiger partial charge in [-0.05, 0) is 67.3 Å². The Kier molecular flexibility index (Phi) is 6.21. The summed E-state index contributed by atoms with van der Waals surface area (Å²) in [4.78, 5) is 13.4. The molecule has 0 aromatic heterocycles. The van der Waals surface area contributed by atoms with Crippen molar-refractivity contribution in [3.8, 4) is 0 Å². The van der Waals surface area contributed by atoms with Gasteiger partial charge in [-0.25, -0.2) is 0 Å². The minimum Gasteiger partial charge on any atom is -0.326 e. The molecule has 0 heterocycles. The van der Waals surface area contributed by atoms with Gasteiger partial charge in [-0.1, -0.05) is 41.3 Å². The second-order valence-electron chi connectivity index (χ2n) is 6.06. The van der Waals surface area contributed by atoms with Crippen LogP contribution in [-0.2, 0) is 4.79 Å². The fourth-order valence-corrected chi connectivity index (χ4v) is 3.85. The standard InChI is InChI=1S/C19H21BrN2OS/c20-15-9-11-16(12-10-15)22-24-18-8-4-7-17(13-18)21-19(23)14-5-2-1-3-6-14/h4,7-14,22H,1-3,5-6H2,(H,21,23). The average molecular weight is 405 g/mol. The van der Waals surface area contributed by atoms with E-state index in [-0.39, 0.29) is 11.8 Å². The van der Waals surface area contributed by atoms with Crippen molar-refractivity contribution in [2.45, 2.75) is 37.0 Å². The van der Waals surface area contributed by atoms with Crippen LogP contribution in [0.5, 0.6) is 0 Å². The molecule has 126 valence electrons. The van der Waals surface area contributed by atoms with Crippen molar-refractivity contribution in [3.63, 3.8) is 0 Å². The highest BCUT2D eigenvalue weighted by Gasteiger charge is 2.20. The quantitative estimate of drug-likeness (QED) is 0.592. The Bertz CT molecular complexity index is 684. The zero-order valence-corrected chi connectivity index (χ0v) is 15.8. The molecule has 5 heteroatoms. The predicted octanol–water partition coefficient (Wildman–Crippen LogP) is 6.09. The number of benzene rings is 2. The summed E-state index contributed by atoms with van der Waals surface area (Å²) in [6.45, 7) is 0. The molecule has 3 rings (SSSR count). The third kappa shape index (κ3) is 5.02. The molecule has 0 spiro atoms. The molecule has 1 saturated carbocycles. The van der Waals surface area contributed by atoms with Gasteiger partial charge in [0, 0.05) is 26.7 Å². The lowest BCUT2D eigenvalue weighted by atomic mass is 9.88. The molecule has 2 aromatic carbocycles. The number of carbonyl (C=O) groups excluding carboxylic acids is 1. The van der Waals surface area contributed by atoms with Crippen LogP contribution in [-0.4, -0.2) is 5.91 Å². The monoisotopic (exact) mass is 404 g/mol. The van der Waals surface area contributed by atoms with Crippen LogP contribution in [0.25, 0.3) is 0 Å². The summed E-state index contributed by atoms with van der Waals surface area (Å²) in [5.74, 6) is 0.341. The van der Waals surface area contributed by atoms with E-state index in [9.17, 15) is 4.79 Å². The van der Waals surface area contributed by atoms with Crippen molar-refractivity contribution >= 4 is 45.2 Å². The van der Waals surface area contributed by atoms with Crippen molar-refractivity contribution in [1.29, 1.82) is 0 Å². The molecule has 0 radical (unpaired) electrons. The maximum Gasteiger partial charge on any atom is 0.227 e. The normalized spacial score (nSPS) is 15.0. The number of hydrogen-bond donors (Lipinski definition) is 2. The molecular weight excluding hydrogens is 384 g/mol. The van der Waals surface area contributed by atoms with Crippen molar-refractivity contribution in [2.75, 3.05) is 10.0 Å². The highest BCUT2D eigenvalue weighted by molar-refractivity contribution is 9.10. The van der Waals surface area contributed by atoms with Gasteiger partial charge in [0.05, 0.1) is 0 Å². The Morgan fingerprint density at radius 1 is 1.00 bits per heavy atom. The lowest BCUT2D eigenvalue weighted by Crippen LogP contribution is -2.24. The fraction of sp³-hybridized carbons (Fsp3) is 0.316. The summed E-state index contributed by atoms with van der Waals surface area (Å²) < 4.78 is 4.38. The Morgan fingerprint density at radius 3 is 2.50 bits per heavy atom. The summed E-state index contributed by atoms with van der Waals surface area (Å²) >= 11 is 4.97. The number of hydrogen-bond acceptors (Lipinski definition) is 3. The van der Waals surface area contributed by atoms with E-state index in [4.69, 9.17) is 0 Å². The maximum atomic E-state index is 12.4. The second kappa shape index (κ2) is 8.58. The van der Waals surface area contributed by atoms with E-state index in [1.165, 1.54) is 31.2 Å². The first-order valence-corrected chi connectivity index (χ1v) is 9.91. The number of nitrogens with one attached hydrogen (secondary N) is 2. The van der Waals surface area contributed by atoms with E-state index < -0.39 is 0 Å². The smallest absolute Gasteiger partial charge is 0.227 e. The van der Waals surface area contributed by atoms with Gasteiger partial charge in [0.25, 0.3) is 0 Å². The van der Waals surface area contributed by atoms with Gasteiger partial charge in [-0.3, -0.25) is 4.79 Å². The molecule has 2 aromatic rings. The summed E-state index contributed by atoms with van der Waals surface area (Å²) in [6, 6.07) is 16.0. The second-order valence-corrected chi connectivity index (χ2v) is 7.86. The molecule has 0 saturated heterocycles. The molecule has 2 N–H and O–H groups in total. The van der Waals surface area contributed by atoms with Crippen LogP contribution in [0.15, 0.2) is 57.9 Å². The summed E-state index contributed by atoms with van der Waals surface area (Å²) in [6.07, 6.45) is 5.64. The van der Waals surface area contributed by atoms with Crippen molar-refractivity contribution in [1.82, 2.24) is 0 Å².